The Hall–Kier alpha value is -3.10. The molecule has 1 fully saturated rings. The van der Waals surface area contributed by atoms with Crippen molar-refractivity contribution >= 4 is 22.5 Å². The van der Waals surface area contributed by atoms with Crippen LogP contribution in [0.4, 0.5) is 0 Å². The topological polar surface area (TPSA) is 90.6 Å². The number of rotatable bonds is 4. The minimum Gasteiger partial charge on any atom is -0.472 e. The number of ether oxygens (including phenoxy) is 1. The van der Waals surface area contributed by atoms with E-state index in [0.29, 0.717) is 11.6 Å². The average Bonchev–Trinajstić information content (AvgIpc) is 3.11. The fraction of sp³-hybridized carbons (Fsp3) is 0.286. The molecule has 1 saturated heterocycles. The van der Waals surface area contributed by atoms with Gasteiger partial charge in [0.25, 0.3) is 0 Å². The number of halogens is 1. The van der Waals surface area contributed by atoms with Gasteiger partial charge in [0.05, 0.1) is 23.6 Å². The highest BCUT2D eigenvalue weighted by molar-refractivity contribution is 6.28. The highest BCUT2D eigenvalue weighted by Gasteiger charge is 2.18. The van der Waals surface area contributed by atoms with Crippen LogP contribution in [0.5, 0.6) is 5.88 Å². The highest BCUT2D eigenvalue weighted by atomic mass is 35.5. The van der Waals surface area contributed by atoms with Crippen molar-refractivity contribution in [3.05, 3.63) is 48.1 Å². The summed E-state index contributed by atoms with van der Waals surface area (Å²) in [5, 5.41) is 9.20. The fourth-order valence-electron chi connectivity index (χ4n) is 3.72. The molecule has 152 valence electrons. The molecule has 5 rings (SSSR count). The van der Waals surface area contributed by atoms with Crippen molar-refractivity contribution < 1.29 is 4.74 Å². The molecule has 1 aliphatic heterocycles. The lowest BCUT2D eigenvalue weighted by Crippen LogP contribution is -2.37. The third-order valence-electron chi connectivity index (χ3n) is 5.17. The van der Waals surface area contributed by atoms with E-state index >= 15 is 0 Å². The van der Waals surface area contributed by atoms with Gasteiger partial charge in [-0.25, -0.2) is 15.0 Å². The van der Waals surface area contributed by atoms with Gasteiger partial charge >= 0.3 is 0 Å². The summed E-state index contributed by atoms with van der Waals surface area (Å²) in [7, 11) is 1.91. The lowest BCUT2D eigenvalue weighted by molar-refractivity contribution is 0.160. The lowest BCUT2D eigenvalue weighted by Gasteiger charge is -2.23. The molecule has 0 amide bonds. The van der Waals surface area contributed by atoms with Gasteiger partial charge in [-0.2, -0.15) is 5.10 Å². The Morgan fingerprint density at radius 1 is 1.17 bits per heavy atom. The molecule has 0 bridgehead atoms. The van der Waals surface area contributed by atoms with E-state index in [1.165, 1.54) is 0 Å². The van der Waals surface area contributed by atoms with E-state index in [1.54, 1.807) is 18.6 Å². The van der Waals surface area contributed by atoms with Gasteiger partial charge in [0.2, 0.25) is 11.2 Å². The van der Waals surface area contributed by atoms with Crippen LogP contribution in [-0.4, -0.2) is 48.9 Å². The van der Waals surface area contributed by atoms with Crippen molar-refractivity contribution in [2.75, 3.05) is 13.1 Å². The van der Waals surface area contributed by atoms with E-state index in [2.05, 4.69) is 30.4 Å². The molecule has 30 heavy (non-hydrogen) atoms. The van der Waals surface area contributed by atoms with E-state index in [-0.39, 0.29) is 11.4 Å². The number of fused-ring (bicyclic) bond motifs is 1. The van der Waals surface area contributed by atoms with Crippen LogP contribution in [-0.2, 0) is 7.05 Å². The maximum Gasteiger partial charge on any atom is 0.233 e. The van der Waals surface area contributed by atoms with Crippen molar-refractivity contribution in [3.8, 4) is 28.5 Å². The summed E-state index contributed by atoms with van der Waals surface area (Å²) in [6.07, 6.45) is 7.22. The van der Waals surface area contributed by atoms with Crippen molar-refractivity contribution in [2.24, 2.45) is 7.05 Å². The molecule has 9 heteroatoms. The molecule has 0 radical (unpaired) electrons. The lowest BCUT2D eigenvalue weighted by atomic mass is 10.1. The van der Waals surface area contributed by atoms with Crippen molar-refractivity contribution in [1.29, 1.82) is 0 Å². The second kappa shape index (κ2) is 7.97. The Bertz CT molecular complexity index is 1200. The Labute approximate surface area is 178 Å². The number of aryl methyl sites for hydroxylation is 1. The van der Waals surface area contributed by atoms with Crippen LogP contribution >= 0.6 is 11.6 Å². The van der Waals surface area contributed by atoms with Crippen LogP contribution in [0.3, 0.4) is 0 Å². The first-order valence-corrected chi connectivity index (χ1v) is 10.2. The highest BCUT2D eigenvalue weighted by Crippen LogP contribution is 2.31. The normalized spacial score (nSPS) is 16.7. The predicted octanol–water partition coefficient (Wildman–Crippen LogP) is 3.27. The van der Waals surface area contributed by atoms with E-state index < -0.39 is 0 Å². The third-order valence-corrected chi connectivity index (χ3v) is 5.35. The van der Waals surface area contributed by atoms with Crippen LogP contribution in [0.1, 0.15) is 12.8 Å². The van der Waals surface area contributed by atoms with Crippen LogP contribution in [0.15, 0.2) is 42.9 Å². The average molecular weight is 422 g/mol. The zero-order valence-corrected chi connectivity index (χ0v) is 17.2. The molecule has 1 N–H and O–H groups in total. The molecule has 0 aliphatic carbocycles. The maximum atomic E-state index is 6.04. The zero-order chi connectivity index (χ0) is 20.5. The van der Waals surface area contributed by atoms with E-state index in [4.69, 9.17) is 16.3 Å². The minimum atomic E-state index is 0.109. The maximum absolute atomic E-state index is 6.04. The molecule has 1 aliphatic rings. The van der Waals surface area contributed by atoms with E-state index in [0.717, 1.165) is 53.8 Å². The quantitative estimate of drug-likeness (QED) is 0.505. The van der Waals surface area contributed by atoms with Crippen LogP contribution in [0.2, 0.25) is 5.28 Å². The minimum absolute atomic E-state index is 0.109. The van der Waals surface area contributed by atoms with Gasteiger partial charge in [-0.1, -0.05) is 6.07 Å². The second-order valence-electron chi connectivity index (χ2n) is 7.24. The second-order valence-corrected chi connectivity index (χ2v) is 7.58. The monoisotopic (exact) mass is 421 g/mol. The number of hydrogen-bond acceptors (Lipinski definition) is 7. The summed E-state index contributed by atoms with van der Waals surface area (Å²) in [5.74, 6) is 0.513. The van der Waals surface area contributed by atoms with Crippen molar-refractivity contribution in [1.82, 2.24) is 35.0 Å². The number of piperidine rings is 1. The number of hydrogen-bond donors (Lipinski definition) is 1. The molecule has 0 spiro atoms. The Morgan fingerprint density at radius 2 is 2.10 bits per heavy atom. The van der Waals surface area contributed by atoms with E-state index in [9.17, 15) is 0 Å². The summed E-state index contributed by atoms with van der Waals surface area (Å²) in [4.78, 5) is 17.3. The molecular formula is C21H20ClN7O. The number of aromatic nitrogens is 6. The number of benzene rings is 1. The molecule has 1 unspecified atom stereocenters. The molecular weight excluding hydrogens is 402 g/mol. The summed E-state index contributed by atoms with van der Waals surface area (Å²) in [5.41, 5.74) is 4.07. The summed E-state index contributed by atoms with van der Waals surface area (Å²) in [6, 6.07) is 7.87. The smallest absolute Gasteiger partial charge is 0.233 e. The van der Waals surface area contributed by atoms with Gasteiger partial charge < -0.3 is 10.1 Å². The number of nitrogens with one attached hydrogen (secondary N) is 1. The Balaban J connectivity index is 1.54. The fourth-order valence-corrected chi connectivity index (χ4v) is 3.87. The van der Waals surface area contributed by atoms with Crippen LogP contribution < -0.4 is 10.1 Å². The van der Waals surface area contributed by atoms with E-state index in [1.807, 2.05) is 36.0 Å². The van der Waals surface area contributed by atoms with Gasteiger partial charge in [0, 0.05) is 30.7 Å². The summed E-state index contributed by atoms with van der Waals surface area (Å²) in [6.45, 7) is 1.86. The van der Waals surface area contributed by atoms with Gasteiger partial charge in [-0.3, -0.25) is 9.67 Å². The molecule has 8 nitrogen and oxygen atoms in total. The zero-order valence-electron chi connectivity index (χ0n) is 16.4. The summed E-state index contributed by atoms with van der Waals surface area (Å²) < 4.78 is 7.88. The van der Waals surface area contributed by atoms with Gasteiger partial charge in [-0.05, 0) is 49.2 Å². The van der Waals surface area contributed by atoms with Gasteiger partial charge in [0.15, 0.2) is 0 Å². The SMILES string of the molecule is Cn1nc(-c2cncc(OC3CCCNC3)n2)c2cc(-c3ccnc(Cl)n3)ccc21. The first-order valence-electron chi connectivity index (χ1n) is 9.83. The van der Waals surface area contributed by atoms with Crippen LogP contribution in [0, 0.1) is 0 Å². The van der Waals surface area contributed by atoms with Crippen molar-refractivity contribution in [2.45, 2.75) is 18.9 Å². The van der Waals surface area contributed by atoms with Crippen LogP contribution in [0.25, 0.3) is 33.5 Å². The standard InChI is InChI=1S/C21H20ClN7O/c1-29-18-5-4-13(16-6-8-25-21(22)27-16)9-15(18)20(28-29)17-11-24-12-19(26-17)30-14-3-2-7-23-10-14/h4-6,8-9,11-12,14,23H,2-3,7,10H2,1H3. The molecule has 0 saturated carbocycles. The Kier molecular flexibility index (Phi) is 5.02. The third kappa shape index (κ3) is 3.71. The molecule has 3 aromatic heterocycles. The molecule has 4 heterocycles. The molecule has 4 aromatic rings. The summed E-state index contributed by atoms with van der Waals surface area (Å²) >= 11 is 5.97. The predicted molar refractivity (Wildman–Crippen MR) is 114 cm³/mol. The molecule has 1 aromatic carbocycles. The molecule has 1 atom stereocenters. The number of nitrogens with zero attached hydrogens (tertiary/aromatic N) is 6. The Morgan fingerprint density at radius 3 is 2.93 bits per heavy atom. The van der Waals surface area contributed by atoms with Gasteiger partial charge in [0.1, 0.15) is 17.5 Å². The van der Waals surface area contributed by atoms with Crippen molar-refractivity contribution in [3.63, 3.8) is 0 Å². The van der Waals surface area contributed by atoms with Gasteiger partial charge in [-0.15, -0.1) is 0 Å². The largest absolute Gasteiger partial charge is 0.472 e. The first-order chi connectivity index (χ1) is 14.7. The first kappa shape index (κ1) is 18.9.